The van der Waals surface area contributed by atoms with E-state index in [0.29, 0.717) is 30.8 Å². The molecule has 0 atom stereocenters. The van der Waals surface area contributed by atoms with Gasteiger partial charge in [-0.1, -0.05) is 29.8 Å². The second-order valence-electron chi connectivity index (χ2n) is 7.01. The molecule has 0 aliphatic carbocycles. The van der Waals surface area contributed by atoms with E-state index in [2.05, 4.69) is 10.4 Å². The van der Waals surface area contributed by atoms with Crippen molar-refractivity contribution in [3.8, 4) is 5.75 Å². The third kappa shape index (κ3) is 6.20. The second kappa shape index (κ2) is 10.2. The van der Waals surface area contributed by atoms with Crippen molar-refractivity contribution in [2.24, 2.45) is 0 Å². The zero-order valence-corrected chi connectivity index (χ0v) is 16.9. The van der Waals surface area contributed by atoms with Gasteiger partial charge >= 0.3 is 5.97 Å². The first-order valence-electron chi connectivity index (χ1n) is 9.80. The molecule has 7 heteroatoms. The summed E-state index contributed by atoms with van der Waals surface area (Å²) in [5.41, 5.74) is 3.46. The van der Waals surface area contributed by atoms with Crippen LogP contribution in [0.15, 0.2) is 60.9 Å². The molecule has 3 aromatic rings. The molecule has 2 aromatic carbocycles. The molecule has 30 heavy (non-hydrogen) atoms. The predicted molar refractivity (Wildman–Crippen MR) is 113 cm³/mol. The molecule has 7 nitrogen and oxygen atoms in total. The molecule has 0 bridgehead atoms. The number of aryl methyl sites for hydroxylation is 2. The molecule has 0 fully saturated rings. The Kier molecular flexibility index (Phi) is 7.21. The van der Waals surface area contributed by atoms with Crippen LogP contribution in [0.2, 0.25) is 0 Å². The van der Waals surface area contributed by atoms with Crippen LogP contribution in [-0.2, 0) is 17.8 Å². The smallest absolute Gasteiger partial charge is 0.303 e. The highest BCUT2D eigenvalue weighted by atomic mass is 16.5. The zero-order valence-electron chi connectivity index (χ0n) is 16.9. The number of aliphatic carboxylic acids is 1. The minimum Gasteiger partial charge on any atom is -0.491 e. The molecule has 0 radical (unpaired) electrons. The third-order valence-electron chi connectivity index (χ3n) is 4.57. The summed E-state index contributed by atoms with van der Waals surface area (Å²) in [7, 11) is 0. The normalized spacial score (nSPS) is 10.6. The van der Waals surface area contributed by atoms with E-state index in [0.717, 1.165) is 16.7 Å². The molecule has 0 saturated carbocycles. The van der Waals surface area contributed by atoms with Gasteiger partial charge < -0.3 is 15.2 Å². The van der Waals surface area contributed by atoms with E-state index in [-0.39, 0.29) is 18.9 Å². The Bertz CT molecular complexity index is 999. The molecular formula is C23H25N3O4. The van der Waals surface area contributed by atoms with E-state index < -0.39 is 5.97 Å². The maximum Gasteiger partial charge on any atom is 0.303 e. The summed E-state index contributed by atoms with van der Waals surface area (Å²) >= 11 is 0. The standard InChI is InChI=1S/C23H25N3O4/c1-17-4-2-5-20(14-17)23(29)24-11-13-30-21-15-18(16-26-12-3-10-25-26)6-7-19(21)8-9-22(27)28/h2-7,10,12,14-15H,8-9,11,13,16H2,1H3,(H,24,29)(H,27,28). The summed E-state index contributed by atoms with van der Waals surface area (Å²) in [5, 5.41) is 16.0. The molecule has 0 aliphatic heterocycles. The molecule has 156 valence electrons. The molecular weight excluding hydrogens is 382 g/mol. The Balaban J connectivity index is 1.61. The predicted octanol–water partition coefficient (Wildman–Crippen LogP) is 3.07. The Labute approximate surface area is 175 Å². The van der Waals surface area contributed by atoms with E-state index in [9.17, 15) is 9.59 Å². The fourth-order valence-corrected chi connectivity index (χ4v) is 3.07. The van der Waals surface area contributed by atoms with E-state index in [1.54, 1.807) is 16.9 Å². The average molecular weight is 407 g/mol. The molecule has 0 unspecified atom stereocenters. The van der Waals surface area contributed by atoms with Crippen LogP contribution in [0.4, 0.5) is 0 Å². The number of hydrogen-bond donors (Lipinski definition) is 2. The van der Waals surface area contributed by atoms with Crippen LogP contribution in [0.1, 0.15) is 33.5 Å². The van der Waals surface area contributed by atoms with E-state index in [1.165, 1.54) is 0 Å². The topological polar surface area (TPSA) is 93.5 Å². The number of aromatic nitrogens is 2. The maximum atomic E-state index is 12.2. The van der Waals surface area contributed by atoms with Crippen LogP contribution >= 0.6 is 0 Å². The van der Waals surface area contributed by atoms with Crippen molar-refractivity contribution in [2.45, 2.75) is 26.3 Å². The lowest BCUT2D eigenvalue weighted by Gasteiger charge is -2.14. The highest BCUT2D eigenvalue weighted by Gasteiger charge is 2.10. The molecule has 1 heterocycles. The fraction of sp³-hybridized carbons (Fsp3) is 0.261. The van der Waals surface area contributed by atoms with Gasteiger partial charge in [0.05, 0.1) is 13.1 Å². The first-order chi connectivity index (χ1) is 14.5. The first kappa shape index (κ1) is 21.1. The Morgan fingerprint density at radius 3 is 2.77 bits per heavy atom. The van der Waals surface area contributed by atoms with Crippen LogP contribution in [0.25, 0.3) is 0 Å². The number of hydrogen-bond acceptors (Lipinski definition) is 4. The number of carbonyl (C=O) groups is 2. The summed E-state index contributed by atoms with van der Waals surface area (Å²) in [4.78, 5) is 23.2. The molecule has 0 aliphatic rings. The van der Waals surface area contributed by atoms with Gasteiger partial charge in [0.2, 0.25) is 0 Å². The minimum absolute atomic E-state index is 0.0267. The lowest BCUT2D eigenvalue weighted by Crippen LogP contribution is -2.28. The molecule has 0 saturated heterocycles. The first-order valence-corrected chi connectivity index (χ1v) is 9.80. The van der Waals surface area contributed by atoms with E-state index in [4.69, 9.17) is 9.84 Å². The SMILES string of the molecule is Cc1cccc(C(=O)NCCOc2cc(Cn3cccn3)ccc2CCC(=O)O)c1. The largest absolute Gasteiger partial charge is 0.491 e. The van der Waals surface area contributed by atoms with Crippen molar-refractivity contribution in [1.29, 1.82) is 0 Å². The number of amides is 1. The van der Waals surface area contributed by atoms with Crippen molar-refractivity contribution in [2.75, 3.05) is 13.2 Å². The van der Waals surface area contributed by atoms with E-state index >= 15 is 0 Å². The molecule has 2 N–H and O–H groups in total. The number of carbonyl (C=O) groups excluding carboxylic acids is 1. The summed E-state index contributed by atoms with van der Waals surface area (Å²) < 4.78 is 7.71. The minimum atomic E-state index is -0.855. The Morgan fingerprint density at radius 2 is 2.03 bits per heavy atom. The van der Waals surface area contributed by atoms with Gasteiger partial charge in [-0.25, -0.2) is 0 Å². The molecule has 0 spiro atoms. The van der Waals surface area contributed by atoms with Crippen molar-refractivity contribution >= 4 is 11.9 Å². The van der Waals surface area contributed by atoms with Gasteiger partial charge in [0, 0.05) is 24.4 Å². The van der Waals surface area contributed by atoms with Crippen LogP contribution in [0.3, 0.4) is 0 Å². The number of nitrogens with one attached hydrogen (secondary N) is 1. The molecule has 1 amide bonds. The van der Waals surface area contributed by atoms with Gasteiger partial charge in [0.25, 0.3) is 5.91 Å². The molecule has 1 aromatic heterocycles. The third-order valence-corrected chi connectivity index (χ3v) is 4.57. The van der Waals surface area contributed by atoms with Crippen molar-refractivity contribution in [3.63, 3.8) is 0 Å². The second-order valence-corrected chi connectivity index (χ2v) is 7.01. The van der Waals surface area contributed by atoms with Gasteiger partial charge in [-0.2, -0.15) is 5.10 Å². The van der Waals surface area contributed by atoms with Crippen LogP contribution < -0.4 is 10.1 Å². The van der Waals surface area contributed by atoms with Gasteiger partial charge in [-0.05, 0) is 48.7 Å². The van der Waals surface area contributed by atoms with Gasteiger partial charge in [0.1, 0.15) is 12.4 Å². The van der Waals surface area contributed by atoms with Crippen LogP contribution in [-0.4, -0.2) is 39.9 Å². The average Bonchev–Trinajstić information content (AvgIpc) is 3.23. The lowest BCUT2D eigenvalue weighted by atomic mass is 10.1. The zero-order chi connectivity index (χ0) is 21.3. The number of carboxylic acids is 1. The Hall–Kier alpha value is -3.61. The van der Waals surface area contributed by atoms with Gasteiger partial charge in [0.15, 0.2) is 0 Å². The van der Waals surface area contributed by atoms with Crippen molar-refractivity contribution in [1.82, 2.24) is 15.1 Å². The summed E-state index contributed by atoms with van der Waals surface area (Å²) in [6.45, 7) is 3.15. The van der Waals surface area contributed by atoms with Crippen LogP contribution in [0.5, 0.6) is 5.75 Å². The number of rotatable bonds is 10. The maximum absolute atomic E-state index is 12.2. The van der Waals surface area contributed by atoms with Crippen molar-refractivity contribution < 1.29 is 19.4 Å². The molecule has 3 rings (SSSR count). The highest BCUT2D eigenvalue weighted by molar-refractivity contribution is 5.94. The number of nitrogens with zero attached hydrogens (tertiary/aromatic N) is 2. The van der Waals surface area contributed by atoms with Gasteiger partial charge in [-0.3, -0.25) is 14.3 Å². The van der Waals surface area contributed by atoms with Gasteiger partial charge in [-0.15, -0.1) is 0 Å². The summed E-state index contributed by atoms with van der Waals surface area (Å²) in [5.74, 6) is -0.376. The summed E-state index contributed by atoms with van der Waals surface area (Å²) in [6, 6.07) is 15.0. The number of carboxylic acid groups (broad SMARTS) is 1. The number of ether oxygens (including phenoxy) is 1. The van der Waals surface area contributed by atoms with Crippen LogP contribution in [0, 0.1) is 6.92 Å². The Morgan fingerprint density at radius 1 is 1.17 bits per heavy atom. The summed E-state index contributed by atoms with van der Waals surface area (Å²) in [6.07, 6.45) is 4.00. The fourth-order valence-electron chi connectivity index (χ4n) is 3.07. The monoisotopic (exact) mass is 407 g/mol. The van der Waals surface area contributed by atoms with E-state index in [1.807, 2.05) is 55.6 Å². The highest BCUT2D eigenvalue weighted by Crippen LogP contribution is 2.23. The lowest BCUT2D eigenvalue weighted by molar-refractivity contribution is -0.136. The van der Waals surface area contributed by atoms with Crippen molar-refractivity contribution in [3.05, 3.63) is 83.2 Å². The number of benzene rings is 2. The quantitative estimate of drug-likeness (QED) is 0.504.